The van der Waals surface area contributed by atoms with Crippen molar-refractivity contribution >= 4 is 33.2 Å². The summed E-state index contributed by atoms with van der Waals surface area (Å²) in [5.74, 6) is -5.99. The molecule has 5 heterocycles. The molecule has 0 unspecified atom stereocenters. The highest BCUT2D eigenvalue weighted by atomic mass is 19.3. The molecule has 3 aliphatic heterocycles. The van der Waals surface area contributed by atoms with Crippen molar-refractivity contribution in [1.82, 2.24) is 19.9 Å². The van der Waals surface area contributed by atoms with Gasteiger partial charge in [-0.25, -0.2) is 26.3 Å². The summed E-state index contributed by atoms with van der Waals surface area (Å²) in [5.41, 5.74) is 3.66. The van der Waals surface area contributed by atoms with Crippen LogP contribution in [0.25, 0.3) is 32.9 Å². The number of aromatic nitrogens is 3. The first-order chi connectivity index (χ1) is 24.2. The van der Waals surface area contributed by atoms with Crippen LogP contribution in [0, 0.1) is 23.0 Å². The number of nitrogens with two attached hydrogens (primary N) is 1. The van der Waals surface area contributed by atoms with E-state index in [1.807, 2.05) is 4.90 Å². The average Bonchev–Trinajstić information content (AvgIpc) is 3.75. The van der Waals surface area contributed by atoms with Crippen LogP contribution in [0.5, 0.6) is 11.8 Å². The van der Waals surface area contributed by atoms with Gasteiger partial charge in [0.2, 0.25) is 6.81 Å². The lowest BCUT2D eigenvalue weighted by atomic mass is 9.89. The summed E-state index contributed by atoms with van der Waals surface area (Å²) >= 11 is 0. The van der Waals surface area contributed by atoms with Crippen molar-refractivity contribution in [2.24, 2.45) is 11.3 Å². The number of fused-ring (bicyclic) bond motifs is 4. The number of rotatable bonds is 7. The maximum absolute atomic E-state index is 17.0. The molecule has 9 nitrogen and oxygen atoms in total. The Balaban J connectivity index is 1.18. The van der Waals surface area contributed by atoms with E-state index in [1.165, 1.54) is 24.4 Å². The molecule has 15 heteroatoms. The molecule has 2 aromatic heterocycles. The number of nitrogens with zero attached hydrogens (tertiary/aromatic N) is 5. The smallest absolute Gasteiger partial charge is 0.319 e. The molecule has 4 aromatic rings. The largest absolute Gasteiger partial charge is 0.461 e. The minimum atomic E-state index is -3.79. The van der Waals surface area contributed by atoms with Crippen molar-refractivity contribution in [2.45, 2.75) is 49.4 Å². The Morgan fingerprint density at radius 2 is 1.96 bits per heavy atom. The van der Waals surface area contributed by atoms with Gasteiger partial charge < -0.3 is 24.8 Å². The minimum Gasteiger partial charge on any atom is -0.461 e. The van der Waals surface area contributed by atoms with Crippen molar-refractivity contribution in [3.8, 4) is 23.0 Å². The van der Waals surface area contributed by atoms with Gasteiger partial charge in [0, 0.05) is 48.3 Å². The van der Waals surface area contributed by atoms with E-state index in [-0.39, 0.29) is 90.5 Å². The van der Waals surface area contributed by atoms with E-state index >= 15 is 13.2 Å². The number of alkyl halides is 4. The molecule has 5 aliphatic rings. The predicted molar refractivity (Wildman–Crippen MR) is 167 cm³/mol. The van der Waals surface area contributed by atoms with E-state index in [0.29, 0.717) is 13.0 Å². The van der Waals surface area contributed by atoms with Gasteiger partial charge >= 0.3 is 6.01 Å². The molecular weight excluding hydrogens is 654 g/mol. The summed E-state index contributed by atoms with van der Waals surface area (Å²) in [6.07, 6.45) is 1.56. The SMILES string of the molecule is [2H]C([2H])(F)Oc1c(F)ccc2cc(N)cc(-c3ncc4c(N5CCOC[C@H]6[C@H](F)[C@H]65)nc(OC[C@@]56CCCN5C[C@]5(CC5(F)F)C6)nc4c3F)c12. The van der Waals surface area contributed by atoms with Gasteiger partial charge in [-0.15, -0.1) is 0 Å². The first-order valence-corrected chi connectivity index (χ1v) is 16.2. The Hall–Kier alpha value is -4.11. The molecule has 0 bridgehead atoms. The number of hydrogen-bond acceptors (Lipinski definition) is 9. The molecule has 49 heavy (non-hydrogen) atoms. The van der Waals surface area contributed by atoms with E-state index in [0.717, 1.165) is 12.5 Å². The highest BCUT2D eigenvalue weighted by molar-refractivity contribution is 6.04. The standard InChI is InChI=1S/C34H32F6N6O3/c35-16-49-29-22(36)3-2-17-8-18(41)9-19(23(17)29)26-25(38)27-20(10-42-26)30(46-6-7-47-11-21-24(37)28(21)46)44-31(43-27)48-15-33-4-1-5-45(33)14-32(12-33)13-34(32,39)40/h2-3,8-10,21,24,28H,1,4-7,11-16,41H2/t21-,24-,28-,32+,33-/m0/s1/i16D2. The Labute approximate surface area is 279 Å². The lowest BCUT2D eigenvalue weighted by molar-refractivity contribution is 0.0647. The van der Waals surface area contributed by atoms with Gasteiger partial charge in [-0.1, -0.05) is 6.07 Å². The Morgan fingerprint density at radius 1 is 1.12 bits per heavy atom. The molecule has 9 rings (SSSR count). The molecular formula is C34H32F6N6O3. The Bertz CT molecular complexity index is 2110. The molecule has 258 valence electrons. The lowest BCUT2D eigenvalue weighted by Crippen LogP contribution is -2.43. The number of ether oxygens (including phenoxy) is 3. The van der Waals surface area contributed by atoms with Crippen molar-refractivity contribution in [3.05, 3.63) is 42.1 Å². The van der Waals surface area contributed by atoms with E-state index in [2.05, 4.69) is 15.0 Å². The fourth-order valence-corrected chi connectivity index (χ4v) is 8.59. The summed E-state index contributed by atoms with van der Waals surface area (Å²) < 4.78 is 121. The fourth-order valence-electron chi connectivity index (χ4n) is 8.59. The quantitative estimate of drug-likeness (QED) is 0.190. The molecule has 0 amide bonds. The third-order valence-electron chi connectivity index (χ3n) is 11.1. The van der Waals surface area contributed by atoms with Crippen LogP contribution >= 0.6 is 0 Å². The zero-order valence-electron chi connectivity index (χ0n) is 28.0. The summed E-state index contributed by atoms with van der Waals surface area (Å²) in [6.45, 7) is -2.24. The normalized spacial score (nSPS) is 31.0. The predicted octanol–water partition coefficient (Wildman–Crippen LogP) is 5.83. The summed E-state index contributed by atoms with van der Waals surface area (Å²) in [6, 6.07) is 4.05. The number of halogens is 6. The summed E-state index contributed by atoms with van der Waals surface area (Å²) in [4.78, 5) is 17.1. The van der Waals surface area contributed by atoms with Crippen molar-refractivity contribution in [3.63, 3.8) is 0 Å². The number of benzene rings is 2. The van der Waals surface area contributed by atoms with Crippen molar-refractivity contribution in [2.75, 3.05) is 56.9 Å². The van der Waals surface area contributed by atoms with Crippen molar-refractivity contribution in [1.29, 1.82) is 0 Å². The zero-order chi connectivity index (χ0) is 35.7. The van der Waals surface area contributed by atoms with Crippen LogP contribution in [0.3, 0.4) is 0 Å². The Morgan fingerprint density at radius 3 is 2.76 bits per heavy atom. The van der Waals surface area contributed by atoms with Crippen LogP contribution in [0.15, 0.2) is 30.5 Å². The summed E-state index contributed by atoms with van der Waals surface area (Å²) in [7, 11) is 0. The van der Waals surface area contributed by atoms with E-state index in [9.17, 15) is 13.2 Å². The highest BCUT2D eigenvalue weighted by Gasteiger charge is 2.77. The van der Waals surface area contributed by atoms with E-state index < -0.39 is 64.9 Å². The van der Waals surface area contributed by atoms with Gasteiger partial charge in [0.1, 0.15) is 32.5 Å². The molecule has 1 spiro atoms. The molecule has 0 radical (unpaired) electrons. The van der Waals surface area contributed by atoms with Gasteiger partial charge in [0.15, 0.2) is 17.4 Å². The minimum absolute atomic E-state index is 0.0265. The molecule has 3 saturated heterocycles. The molecule has 2 aromatic carbocycles. The number of pyridine rings is 1. The molecule has 5 fully saturated rings. The monoisotopic (exact) mass is 688 g/mol. The number of anilines is 2. The molecule has 5 atom stereocenters. The number of nitrogen functional groups attached to an aromatic ring is 1. The van der Waals surface area contributed by atoms with Gasteiger partial charge in [0.05, 0.1) is 35.6 Å². The van der Waals surface area contributed by atoms with Gasteiger partial charge in [-0.3, -0.25) is 9.88 Å². The Kier molecular flexibility index (Phi) is 6.26. The highest BCUT2D eigenvalue weighted by Crippen LogP contribution is 2.69. The summed E-state index contributed by atoms with van der Waals surface area (Å²) in [5, 5.41) is 0.103. The molecule has 2 saturated carbocycles. The lowest BCUT2D eigenvalue weighted by Gasteiger charge is -2.31. The van der Waals surface area contributed by atoms with E-state index in [4.69, 9.17) is 22.7 Å². The van der Waals surface area contributed by atoms with Crippen LogP contribution in [0.2, 0.25) is 0 Å². The second-order valence-electron chi connectivity index (χ2n) is 14.0. The van der Waals surface area contributed by atoms with Crippen LogP contribution in [-0.4, -0.2) is 89.8 Å². The van der Waals surface area contributed by atoms with Gasteiger partial charge in [-0.05, 0) is 49.4 Å². The van der Waals surface area contributed by atoms with E-state index in [1.54, 1.807) is 4.90 Å². The third-order valence-corrected chi connectivity index (χ3v) is 11.1. The maximum atomic E-state index is 17.0. The third kappa shape index (κ3) is 4.64. The van der Waals surface area contributed by atoms with Crippen LogP contribution < -0.4 is 20.1 Å². The van der Waals surface area contributed by atoms with Crippen LogP contribution in [0.1, 0.15) is 28.4 Å². The second-order valence-corrected chi connectivity index (χ2v) is 14.0. The van der Waals surface area contributed by atoms with Gasteiger partial charge in [-0.2, -0.15) is 9.97 Å². The second kappa shape index (κ2) is 10.7. The maximum Gasteiger partial charge on any atom is 0.319 e. The first-order valence-electron chi connectivity index (χ1n) is 17.2. The van der Waals surface area contributed by atoms with Crippen molar-refractivity contribution < 1.29 is 43.3 Å². The first kappa shape index (κ1) is 28.7. The zero-order valence-corrected chi connectivity index (χ0v) is 26.0. The molecule has 2 N–H and O–H groups in total. The number of hydrogen-bond donors (Lipinski definition) is 1. The van der Waals surface area contributed by atoms with Crippen LogP contribution in [0.4, 0.5) is 37.8 Å². The topological polar surface area (TPSA) is 98.9 Å². The average molecular weight is 689 g/mol. The fraction of sp³-hybridized carbons (Fsp3) is 0.500. The van der Waals surface area contributed by atoms with Crippen LogP contribution in [-0.2, 0) is 4.74 Å². The molecule has 2 aliphatic carbocycles. The van der Waals surface area contributed by atoms with Gasteiger partial charge in [0.25, 0.3) is 5.92 Å².